The summed E-state index contributed by atoms with van der Waals surface area (Å²) in [5.74, 6) is 0. The number of quaternary nitrogens is 1. The Bertz CT molecular complexity index is 28.0. The lowest BCUT2D eigenvalue weighted by Crippen LogP contribution is -3.00. The fourth-order valence-electron chi connectivity index (χ4n) is 0.118. The Morgan fingerprint density at radius 1 is 1.17 bits per heavy atom. The van der Waals surface area contributed by atoms with Gasteiger partial charge in [0.1, 0.15) is 0 Å². The van der Waals surface area contributed by atoms with Crippen LogP contribution in [0.1, 0.15) is 12.8 Å². The van der Waals surface area contributed by atoms with Gasteiger partial charge >= 0.3 is 0 Å². The van der Waals surface area contributed by atoms with E-state index in [-0.39, 0.29) is 24.8 Å². The molecule has 1 fully saturated rings. The van der Waals surface area contributed by atoms with Crippen LogP contribution in [0.4, 0.5) is 0 Å². The van der Waals surface area contributed by atoms with Gasteiger partial charge in [0, 0.05) is 12.8 Å². The van der Waals surface area contributed by atoms with Crippen molar-refractivity contribution in [2.24, 2.45) is 0 Å². The minimum absolute atomic E-state index is 0. The van der Waals surface area contributed by atoms with Crippen LogP contribution >= 0.6 is 0 Å². The number of hydrogen-bond donors (Lipinski definition) is 1. The van der Waals surface area contributed by atoms with Gasteiger partial charge in [0.15, 0.2) is 0 Å². The van der Waals surface area contributed by atoms with Crippen molar-refractivity contribution in [2.75, 3.05) is 0 Å². The SMILES string of the molecule is [Cl-].[Cl-].[NH3+]C1CC1. The molecule has 0 aromatic rings. The van der Waals surface area contributed by atoms with Crippen molar-refractivity contribution in [1.29, 1.82) is 0 Å². The van der Waals surface area contributed by atoms with Crippen molar-refractivity contribution in [3.05, 3.63) is 0 Å². The molecule has 40 valence electrons. The molecule has 1 rings (SSSR count). The molecule has 1 aliphatic rings. The highest BCUT2D eigenvalue weighted by Gasteiger charge is 2.18. The molecule has 0 atom stereocenters. The molecule has 0 bridgehead atoms. The molecule has 0 heterocycles. The fraction of sp³-hybridized carbons (Fsp3) is 1.00. The minimum Gasteiger partial charge on any atom is -1.00 e. The van der Waals surface area contributed by atoms with Crippen molar-refractivity contribution < 1.29 is 30.5 Å². The van der Waals surface area contributed by atoms with Crippen molar-refractivity contribution in [2.45, 2.75) is 18.9 Å². The van der Waals surface area contributed by atoms with Crippen LogP contribution in [0.25, 0.3) is 0 Å². The second-order valence-corrected chi connectivity index (χ2v) is 1.44. The standard InChI is InChI=1S/C3H7N.2ClH/c4-3-1-2-3;;/h3H,1-2,4H2;2*1H/p-1. The first-order valence-corrected chi connectivity index (χ1v) is 1.72. The molecule has 3 heteroatoms. The van der Waals surface area contributed by atoms with Crippen LogP contribution < -0.4 is 30.5 Å². The van der Waals surface area contributed by atoms with Gasteiger partial charge in [-0.2, -0.15) is 0 Å². The third-order valence-corrected chi connectivity index (χ3v) is 0.697. The number of hydrogen-bond acceptors (Lipinski definition) is 0. The van der Waals surface area contributed by atoms with Gasteiger partial charge in [-0.3, -0.25) is 0 Å². The molecule has 0 spiro atoms. The lowest BCUT2D eigenvalue weighted by molar-refractivity contribution is -0.384. The second-order valence-electron chi connectivity index (χ2n) is 1.44. The Kier molecular flexibility index (Phi) is 6.04. The summed E-state index contributed by atoms with van der Waals surface area (Å²) >= 11 is 0. The Balaban J connectivity index is 0. The van der Waals surface area contributed by atoms with Crippen LogP contribution in [-0.4, -0.2) is 6.04 Å². The van der Waals surface area contributed by atoms with E-state index in [1.165, 1.54) is 12.8 Å². The van der Waals surface area contributed by atoms with Crippen LogP contribution in [0, 0.1) is 0 Å². The fourth-order valence-corrected chi connectivity index (χ4v) is 0.118. The van der Waals surface area contributed by atoms with Crippen LogP contribution in [0.3, 0.4) is 0 Å². The molecule has 1 nitrogen and oxygen atoms in total. The van der Waals surface area contributed by atoms with Crippen molar-refractivity contribution >= 4 is 0 Å². The lowest BCUT2D eigenvalue weighted by atomic mass is 10.8. The maximum Gasteiger partial charge on any atom is 0.0848 e. The molecule has 0 radical (unpaired) electrons. The first-order chi connectivity index (χ1) is 1.89. The summed E-state index contributed by atoms with van der Waals surface area (Å²) in [5, 5.41) is 0. The quantitative estimate of drug-likeness (QED) is 0.337. The Morgan fingerprint density at radius 2 is 1.33 bits per heavy atom. The van der Waals surface area contributed by atoms with Gasteiger partial charge in [0.2, 0.25) is 0 Å². The summed E-state index contributed by atoms with van der Waals surface area (Å²) in [6.07, 6.45) is 2.75. The van der Waals surface area contributed by atoms with Gasteiger partial charge in [0.25, 0.3) is 0 Å². The van der Waals surface area contributed by atoms with Gasteiger partial charge in [-0.25, -0.2) is 0 Å². The van der Waals surface area contributed by atoms with Crippen molar-refractivity contribution in [3.8, 4) is 0 Å². The Hall–Kier alpha value is 0.540. The van der Waals surface area contributed by atoms with E-state index in [9.17, 15) is 0 Å². The zero-order chi connectivity index (χ0) is 2.99. The Labute approximate surface area is 50.1 Å². The Morgan fingerprint density at radius 3 is 1.33 bits per heavy atom. The summed E-state index contributed by atoms with van der Waals surface area (Å²) in [5.41, 5.74) is 3.75. The normalized spacial score (nSPS) is 17.5. The maximum atomic E-state index is 3.75. The van der Waals surface area contributed by atoms with Crippen LogP contribution in [-0.2, 0) is 0 Å². The zero-order valence-electron chi connectivity index (χ0n) is 3.45. The lowest BCUT2D eigenvalue weighted by Gasteiger charge is -1.54. The van der Waals surface area contributed by atoms with Gasteiger partial charge in [-0.1, -0.05) is 0 Å². The van der Waals surface area contributed by atoms with E-state index >= 15 is 0 Å². The van der Waals surface area contributed by atoms with Crippen molar-refractivity contribution in [1.82, 2.24) is 0 Å². The molecule has 1 aliphatic carbocycles. The molecule has 0 aromatic heterocycles. The van der Waals surface area contributed by atoms with Crippen LogP contribution in [0.15, 0.2) is 0 Å². The van der Waals surface area contributed by atoms with Gasteiger partial charge in [-0.15, -0.1) is 0 Å². The smallest absolute Gasteiger partial charge is 0.0848 e. The van der Waals surface area contributed by atoms with E-state index in [1.807, 2.05) is 0 Å². The molecule has 0 saturated heterocycles. The molecule has 0 unspecified atom stereocenters. The van der Waals surface area contributed by atoms with Gasteiger partial charge in [-0.05, 0) is 0 Å². The van der Waals surface area contributed by atoms with E-state index in [4.69, 9.17) is 0 Å². The molecule has 0 aromatic carbocycles. The molecule has 3 N–H and O–H groups in total. The van der Waals surface area contributed by atoms with Gasteiger partial charge in [0.05, 0.1) is 6.04 Å². The summed E-state index contributed by atoms with van der Waals surface area (Å²) in [4.78, 5) is 0. The predicted octanol–water partition coefficient (Wildman–Crippen LogP) is -6.60. The average molecular weight is 129 g/mol. The molecule has 0 amide bonds. The van der Waals surface area contributed by atoms with Crippen molar-refractivity contribution in [3.63, 3.8) is 0 Å². The molecular weight excluding hydrogens is 121 g/mol. The van der Waals surface area contributed by atoms with Gasteiger partial charge < -0.3 is 30.5 Å². The third kappa shape index (κ3) is 4.54. The predicted molar refractivity (Wildman–Crippen MR) is 15.9 cm³/mol. The average Bonchev–Trinajstić information content (AvgIpc) is 1.75. The zero-order valence-corrected chi connectivity index (χ0v) is 4.97. The second kappa shape index (κ2) is 3.72. The van der Waals surface area contributed by atoms with E-state index in [0.29, 0.717) is 0 Å². The monoisotopic (exact) mass is 128 g/mol. The first-order valence-electron chi connectivity index (χ1n) is 1.72. The largest absolute Gasteiger partial charge is 1.00 e. The topological polar surface area (TPSA) is 27.6 Å². The molecular formula is C3H8Cl2N-. The van der Waals surface area contributed by atoms with E-state index < -0.39 is 0 Å². The highest BCUT2D eigenvalue weighted by atomic mass is 35.5. The highest BCUT2D eigenvalue weighted by Crippen LogP contribution is 2.11. The molecule has 0 aliphatic heterocycles. The first kappa shape index (κ1) is 9.74. The maximum absolute atomic E-state index is 3.75. The summed E-state index contributed by atoms with van der Waals surface area (Å²) in [6, 6.07) is 0.833. The third-order valence-electron chi connectivity index (χ3n) is 0.697. The highest BCUT2D eigenvalue weighted by molar-refractivity contribution is 4.67. The summed E-state index contributed by atoms with van der Waals surface area (Å²) in [6.45, 7) is 0. The van der Waals surface area contributed by atoms with E-state index in [2.05, 4.69) is 5.73 Å². The van der Waals surface area contributed by atoms with Crippen LogP contribution in [0.5, 0.6) is 0 Å². The van der Waals surface area contributed by atoms with Crippen LogP contribution in [0.2, 0.25) is 0 Å². The molecule has 6 heavy (non-hydrogen) atoms. The summed E-state index contributed by atoms with van der Waals surface area (Å²) in [7, 11) is 0. The number of halogens is 2. The minimum atomic E-state index is 0. The molecule has 1 saturated carbocycles. The number of rotatable bonds is 0. The van der Waals surface area contributed by atoms with E-state index in [1.54, 1.807) is 0 Å². The summed E-state index contributed by atoms with van der Waals surface area (Å²) < 4.78 is 0. The van der Waals surface area contributed by atoms with E-state index in [0.717, 1.165) is 6.04 Å².